The largest absolute Gasteiger partial charge is 0.368 e. The Morgan fingerprint density at radius 2 is 1.54 bits per heavy atom. The summed E-state index contributed by atoms with van der Waals surface area (Å²) in [5, 5.41) is 2.47. The van der Waals surface area contributed by atoms with Crippen LogP contribution >= 0.6 is 0 Å². The van der Waals surface area contributed by atoms with E-state index >= 15 is 0 Å². The first-order valence-corrected chi connectivity index (χ1v) is 9.36. The van der Waals surface area contributed by atoms with Crippen LogP contribution in [0.25, 0.3) is 0 Å². The summed E-state index contributed by atoms with van der Waals surface area (Å²) in [4.78, 5) is 28.3. The predicted octanol–water partition coefficient (Wildman–Crippen LogP) is 2.82. The number of anilines is 1. The minimum Gasteiger partial charge on any atom is -0.368 e. The molecule has 5 nitrogen and oxygen atoms in total. The van der Waals surface area contributed by atoms with Gasteiger partial charge in [0.15, 0.2) is 0 Å². The van der Waals surface area contributed by atoms with Gasteiger partial charge in [-0.05, 0) is 30.7 Å². The standard InChI is InChI=1S/C21H23F2N3O2/c22-17-8-4-9-18(23)20(17)21(28)24-11-5-10-19(27)26-14-12-25(13-15-26)16-6-2-1-3-7-16/h1-4,6-9H,5,10-15H2,(H,24,28). The highest BCUT2D eigenvalue weighted by molar-refractivity contribution is 5.94. The van der Waals surface area contributed by atoms with Crippen LogP contribution < -0.4 is 10.2 Å². The van der Waals surface area contributed by atoms with E-state index in [1.807, 2.05) is 23.1 Å². The average molecular weight is 387 g/mol. The molecule has 0 spiro atoms. The SMILES string of the molecule is O=C(NCCCC(=O)N1CCN(c2ccccc2)CC1)c1c(F)cccc1F. The van der Waals surface area contributed by atoms with E-state index in [2.05, 4.69) is 22.3 Å². The predicted molar refractivity (Wildman–Crippen MR) is 103 cm³/mol. The van der Waals surface area contributed by atoms with Crippen molar-refractivity contribution in [1.29, 1.82) is 0 Å². The maximum atomic E-state index is 13.6. The third kappa shape index (κ3) is 4.85. The second kappa shape index (κ2) is 9.30. The minimum atomic E-state index is -0.898. The van der Waals surface area contributed by atoms with Crippen LogP contribution in [0.4, 0.5) is 14.5 Å². The second-order valence-electron chi connectivity index (χ2n) is 6.66. The molecule has 0 aromatic heterocycles. The summed E-state index contributed by atoms with van der Waals surface area (Å²) in [7, 11) is 0. The van der Waals surface area contributed by atoms with Gasteiger partial charge in [-0.3, -0.25) is 9.59 Å². The van der Waals surface area contributed by atoms with Gasteiger partial charge in [-0.25, -0.2) is 8.78 Å². The van der Waals surface area contributed by atoms with Gasteiger partial charge < -0.3 is 15.1 Å². The Labute approximate surface area is 162 Å². The number of para-hydroxylation sites is 1. The molecular formula is C21H23F2N3O2. The zero-order valence-electron chi connectivity index (χ0n) is 15.5. The number of piperazine rings is 1. The summed E-state index contributed by atoms with van der Waals surface area (Å²) in [6, 6.07) is 13.4. The van der Waals surface area contributed by atoms with Gasteiger partial charge in [0, 0.05) is 44.8 Å². The summed E-state index contributed by atoms with van der Waals surface area (Å²) in [5.41, 5.74) is 0.559. The summed E-state index contributed by atoms with van der Waals surface area (Å²) >= 11 is 0. The minimum absolute atomic E-state index is 0.0269. The molecule has 0 radical (unpaired) electrons. The fourth-order valence-corrected chi connectivity index (χ4v) is 3.26. The number of carbonyl (C=O) groups excluding carboxylic acids is 2. The zero-order chi connectivity index (χ0) is 19.9. The number of rotatable bonds is 6. The molecule has 1 saturated heterocycles. The highest BCUT2D eigenvalue weighted by Crippen LogP contribution is 2.16. The fourth-order valence-electron chi connectivity index (χ4n) is 3.26. The Kier molecular flexibility index (Phi) is 6.57. The van der Waals surface area contributed by atoms with Crippen molar-refractivity contribution in [2.45, 2.75) is 12.8 Å². The fraction of sp³-hybridized carbons (Fsp3) is 0.333. The molecule has 1 N–H and O–H groups in total. The molecule has 2 aromatic rings. The van der Waals surface area contributed by atoms with Crippen LogP contribution in [-0.2, 0) is 4.79 Å². The van der Waals surface area contributed by atoms with Crippen molar-refractivity contribution in [3.63, 3.8) is 0 Å². The summed E-state index contributed by atoms with van der Waals surface area (Å²) in [6.07, 6.45) is 0.699. The van der Waals surface area contributed by atoms with Crippen LogP contribution in [0.2, 0.25) is 0 Å². The van der Waals surface area contributed by atoms with Gasteiger partial charge in [-0.1, -0.05) is 24.3 Å². The van der Waals surface area contributed by atoms with Crippen LogP contribution in [0.15, 0.2) is 48.5 Å². The summed E-state index contributed by atoms with van der Waals surface area (Å²) in [6.45, 7) is 3.04. The van der Waals surface area contributed by atoms with Crippen molar-refractivity contribution in [2.75, 3.05) is 37.6 Å². The third-order valence-electron chi connectivity index (χ3n) is 4.80. The van der Waals surface area contributed by atoms with Crippen molar-refractivity contribution < 1.29 is 18.4 Å². The molecule has 0 aliphatic carbocycles. The van der Waals surface area contributed by atoms with E-state index < -0.39 is 23.1 Å². The van der Waals surface area contributed by atoms with Crippen LogP contribution in [0, 0.1) is 11.6 Å². The molecule has 148 valence electrons. The Morgan fingerprint density at radius 3 is 2.18 bits per heavy atom. The first kappa shape index (κ1) is 19.8. The number of nitrogens with one attached hydrogen (secondary N) is 1. The zero-order valence-corrected chi connectivity index (χ0v) is 15.5. The smallest absolute Gasteiger partial charge is 0.257 e. The molecule has 2 amide bonds. The van der Waals surface area contributed by atoms with E-state index in [0.717, 1.165) is 30.9 Å². The number of nitrogens with zero attached hydrogens (tertiary/aromatic N) is 2. The Hall–Kier alpha value is -2.96. The van der Waals surface area contributed by atoms with E-state index in [1.54, 1.807) is 0 Å². The maximum absolute atomic E-state index is 13.6. The van der Waals surface area contributed by atoms with Crippen molar-refractivity contribution in [3.05, 3.63) is 65.7 Å². The molecule has 1 heterocycles. The third-order valence-corrected chi connectivity index (χ3v) is 4.80. The van der Waals surface area contributed by atoms with Crippen molar-refractivity contribution in [3.8, 4) is 0 Å². The topological polar surface area (TPSA) is 52.7 Å². The summed E-state index contributed by atoms with van der Waals surface area (Å²) in [5.74, 6) is -2.58. The van der Waals surface area contributed by atoms with Gasteiger partial charge in [0.05, 0.1) is 0 Å². The van der Waals surface area contributed by atoms with Gasteiger partial charge >= 0.3 is 0 Å². The lowest BCUT2D eigenvalue weighted by atomic mass is 10.1. The molecular weight excluding hydrogens is 364 g/mol. The average Bonchev–Trinajstić information content (AvgIpc) is 2.72. The van der Waals surface area contributed by atoms with Crippen LogP contribution in [0.3, 0.4) is 0 Å². The molecule has 0 unspecified atom stereocenters. The first-order valence-electron chi connectivity index (χ1n) is 9.36. The number of carbonyl (C=O) groups is 2. The normalized spacial score (nSPS) is 14.1. The molecule has 3 rings (SSSR count). The van der Waals surface area contributed by atoms with Gasteiger partial charge in [-0.2, -0.15) is 0 Å². The molecule has 0 atom stereocenters. The maximum Gasteiger partial charge on any atom is 0.257 e. The van der Waals surface area contributed by atoms with E-state index in [1.165, 1.54) is 6.07 Å². The van der Waals surface area contributed by atoms with Crippen molar-refractivity contribution in [2.24, 2.45) is 0 Å². The van der Waals surface area contributed by atoms with Crippen LogP contribution in [0.5, 0.6) is 0 Å². The van der Waals surface area contributed by atoms with E-state index in [0.29, 0.717) is 19.5 Å². The number of benzene rings is 2. The van der Waals surface area contributed by atoms with Gasteiger partial charge in [-0.15, -0.1) is 0 Å². The van der Waals surface area contributed by atoms with Gasteiger partial charge in [0.2, 0.25) is 5.91 Å². The molecule has 1 aliphatic heterocycles. The summed E-state index contributed by atoms with van der Waals surface area (Å²) < 4.78 is 27.1. The molecule has 0 saturated carbocycles. The quantitative estimate of drug-likeness (QED) is 0.776. The van der Waals surface area contributed by atoms with E-state index in [4.69, 9.17) is 0 Å². The molecule has 1 fully saturated rings. The van der Waals surface area contributed by atoms with Gasteiger partial charge in [0.1, 0.15) is 17.2 Å². The molecule has 1 aliphatic rings. The Morgan fingerprint density at radius 1 is 0.893 bits per heavy atom. The van der Waals surface area contributed by atoms with Crippen LogP contribution in [-0.4, -0.2) is 49.4 Å². The lowest BCUT2D eigenvalue weighted by molar-refractivity contribution is -0.131. The highest BCUT2D eigenvalue weighted by Gasteiger charge is 2.21. The second-order valence-corrected chi connectivity index (χ2v) is 6.66. The number of amides is 2. The van der Waals surface area contributed by atoms with E-state index in [9.17, 15) is 18.4 Å². The van der Waals surface area contributed by atoms with E-state index in [-0.39, 0.29) is 18.9 Å². The molecule has 28 heavy (non-hydrogen) atoms. The van der Waals surface area contributed by atoms with Crippen molar-refractivity contribution >= 4 is 17.5 Å². The van der Waals surface area contributed by atoms with Crippen LogP contribution in [0.1, 0.15) is 23.2 Å². The lowest BCUT2D eigenvalue weighted by Crippen LogP contribution is -2.48. The molecule has 0 bridgehead atoms. The number of hydrogen-bond donors (Lipinski definition) is 1. The molecule has 7 heteroatoms. The highest BCUT2D eigenvalue weighted by atomic mass is 19.1. The van der Waals surface area contributed by atoms with Crippen molar-refractivity contribution in [1.82, 2.24) is 10.2 Å². The molecule has 2 aromatic carbocycles. The number of halogens is 2. The number of hydrogen-bond acceptors (Lipinski definition) is 3. The first-order chi connectivity index (χ1) is 13.6. The Balaban J connectivity index is 1.39. The Bertz CT molecular complexity index is 801. The van der Waals surface area contributed by atoms with Gasteiger partial charge in [0.25, 0.3) is 5.91 Å². The monoisotopic (exact) mass is 387 g/mol. The lowest BCUT2D eigenvalue weighted by Gasteiger charge is -2.36.